The molecule has 2 aliphatic rings. The highest BCUT2D eigenvalue weighted by Crippen LogP contribution is 2.35. The summed E-state index contributed by atoms with van der Waals surface area (Å²) in [6, 6.07) is 19.4. The van der Waals surface area contributed by atoms with Crippen LogP contribution in [0.5, 0.6) is 0 Å². The summed E-state index contributed by atoms with van der Waals surface area (Å²) >= 11 is 1.91. The molecule has 2 aromatic carbocycles. The van der Waals surface area contributed by atoms with Crippen molar-refractivity contribution in [1.82, 2.24) is 14.2 Å². The van der Waals surface area contributed by atoms with Gasteiger partial charge in [0.2, 0.25) is 0 Å². The second-order valence-electron chi connectivity index (χ2n) is 7.25. The lowest BCUT2D eigenvalue weighted by Crippen LogP contribution is -2.48. The fourth-order valence-corrected chi connectivity index (χ4v) is 5.05. The van der Waals surface area contributed by atoms with Gasteiger partial charge in [-0.25, -0.2) is 9.29 Å². The molecule has 0 saturated carbocycles. The Morgan fingerprint density at radius 3 is 2.56 bits per heavy atom. The fraction of sp³-hybridized carbons (Fsp3) is 0.318. The van der Waals surface area contributed by atoms with Gasteiger partial charge in [-0.05, 0) is 35.0 Å². The number of hydrogen-bond acceptors (Lipinski definition) is 5. The van der Waals surface area contributed by atoms with Crippen molar-refractivity contribution in [2.24, 2.45) is 0 Å². The lowest BCUT2D eigenvalue weighted by molar-refractivity contribution is 0.240. The first-order valence-corrected chi connectivity index (χ1v) is 10.5. The predicted molar refractivity (Wildman–Crippen MR) is 113 cm³/mol. The molecule has 138 valence electrons. The second kappa shape index (κ2) is 7.50. The van der Waals surface area contributed by atoms with E-state index in [1.165, 1.54) is 21.2 Å². The monoisotopic (exact) mass is 376 g/mol. The molecule has 1 saturated heterocycles. The van der Waals surface area contributed by atoms with Gasteiger partial charge in [0.15, 0.2) is 0 Å². The van der Waals surface area contributed by atoms with E-state index >= 15 is 0 Å². The molecule has 4 nitrogen and oxygen atoms in total. The number of aromatic nitrogens is 1. The van der Waals surface area contributed by atoms with Crippen molar-refractivity contribution in [3.63, 3.8) is 0 Å². The number of hydrogen-bond donors (Lipinski definition) is 0. The molecule has 5 heteroatoms. The lowest BCUT2D eigenvalue weighted by atomic mass is 10.1. The third-order valence-corrected chi connectivity index (χ3v) is 6.70. The zero-order chi connectivity index (χ0) is 18.1. The molecule has 27 heavy (non-hydrogen) atoms. The van der Waals surface area contributed by atoms with Crippen LogP contribution in [0.15, 0.2) is 65.7 Å². The minimum Gasteiger partial charge on any atom is -0.354 e. The molecular weight excluding hydrogens is 352 g/mol. The number of nitrogens with zero attached hydrogens (tertiary/aromatic N) is 4. The maximum Gasteiger partial charge on any atom is 0.136 e. The first-order chi connectivity index (χ1) is 13.4. The SMILES string of the molecule is c1ccc2c(c1)CN(CCN1CCN(c3nccc4ccccc34)CC1)S2. The Hall–Kier alpha value is -2.08. The summed E-state index contributed by atoms with van der Waals surface area (Å²) in [5.41, 5.74) is 1.47. The Labute approximate surface area is 164 Å². The molecule has 0 radical (unpaired) electrons. The van der Waals surface area contributed by atoms with Crippen LogP contribution in [-0.2, 0) is 6.54 Å². The van der Waals surface area contributed by atoms with E-state index in [9.17, 15) is 0 Å². The summed E-state index contributed by atoms with van der Waals surface area (Å²) in [5.74, 6) is 1.14. The molecule has 0 amide bonds. The van der Waals surface area contributed by atoms with Crippen molar-refractivity contribution in [3.8, 4) is 0 Å². The van der Waals surface area contributed by atoms with Gasteiger partial charge in [-0.2, -0.15) is 0 Å². The van der Waals surface area contributed by atoms with Crippen molar-refractivity contribution < 1.29 is 0 Å². The summed E-state index contributed by atoms with van der Waals surface area (Å²) in [6.07, 6.45) is 1.94. The standard InChI is InChI=1S/C22H24N4S/c1-3-7-20-18(5-1)9-10-23-22(20)25-14-11-24(12-15-25)13-16-26-17-19-6-2-4-8-21(19)27-26/h1-10H,11-17H2. The summed E-state index contributed by atoms with van der Waals surface area (Å²) < 4.78 is 2.49. The molecule has 0 atom stereocenters. The highest BCUT2D eigenvalue weighted by atomic mass is 32.2. The van der Waals surface area contributed by atoms with E-state index in [4.69, 9.17) is 0 Å². The van der Waals surface area contributed by atoms with Crippen LogP contribution in [0.1, 0.15) is 5.56 Å². The smallest absolute Gasteiger partial charge is 0.136 e. The van der Waals surface area contributed by atoms with Crippen LogP contribution in [-0.4, -0.2) is 53.5 Å². The van der Waals surface area contributed by atoms with Crippen LogP contribution in [0, 0.1) is 0 Å². The number of rotatable bonds is 4. The predicted octanol–water partition coefficient (Wildman–Crippen LogP) is 3.88. The number of benzene rings is 2. The van der Waals surface area contributed by atoms with Gasteiger partial charge < -0.3 is 4.90 Å². The maximum absolute atomic E-state index is 4.68. The topological polar surface area (TPSA) is 22.6 Å². The Morgan fingerprint density at radius 2 is 1.67 bits per heavy atom. The van der Waals surface area contributed by atoms with Crippen molar-refractivity contribution >= 4 is 28.5 Å². The first kappa shape index (κ1) is 17.0. The van der Waals surface area contributed by atoms with Crippen molar-refractivity contribution in [2.75, 3.05) is 44.2 Å². The number of piperazine rings is 1. The van der Waals surface area contributed by atoms with Gasteiger partial charge in [0, 0.05) is 62.3 Å². The fourth-order valence-electron chi connectivity index (χ4n) is 4.00. The summed E-state index contributed by atoms with van der Waals surface area (Å²) in [6.45, 7) is 7.64. The molecule has 3 heterocycles. The number of pyridine rings is 1. The Morgan fingerprint density at radius 1 is 0.852 bits per heavy atom. The van der Waals surface area contributed by atoms with Crippen LogP contribution in [0.3, 0.4) is 0 Å². The molecule has 1 fully saturated rings. The minimum atomic E-state index is 1.05. The largest absolute Gasteiger partial charge is 0.354 e. The third kappa shape index (κ3) is 3.55. The molecule has 5 rings (SSSR count). The number of fused-ring (bicyclic) bond motifs is 2. The maximum atomic E-state index is 4.68. The van der Waals surface area contributed by atoms with Crippen molar-refractivity contribution in [3.05, 3.63) is 66.4 Å². The molecule has 0 aliphatic carbocycles. The molecule has 0 bridgehead atoms. The summed E-state index contributed by atoms with van der Waals surface area (Å²) in [4.78, 5) is 11.1. The van der Waals surface area contributed by atoms with E-state index in [2.05, 4.69) is 73.7 Å². The summed E-state index contributed by atoms with van der Waals surface area (Å²) in [7, 11) is 0. The Kier molecular flexibility index (Phi) is 4.74. The molecule has 0 spiro atoms. The van der Waals surface area contributed by atoms with Gasteiger partial charge >= 0.3 is 0 Å². The zero-order valence-corrected chi connectivity index (χ0v) is 16.2. The zero-order valence-electron chi connectivity index (χ0n) is 15.4. The highest BCUT2D eigenvalue weighted by Gasteiger charge is 2.22. The lowest BCUT2D eigenvalue weighted by Gasteiger charge is -2.36. The van der Waals surface area contributed by atoms with Crippen molar-refractivity contribution in [1.29, 1.82) is 0 Å². The average molecular weight is 377 g/mol. The van der Waals surface area contributed by atoms with Gasteiger partial charge in [-0.1, -0.05) is 42.5 Å². The average Bonchev–Trinajstić information content (AvgIpc) is 3.15. The molecule has 1 aromatic heterocycles. The molecule has 2 aliphatic heterocycles. The van der Waals surface area contributed by atoms with E-state index < -0.39 is 0 Å². The van der Waals surface area contributed by atoms with Crippen molar-refractivity contribution in [2.45, 2.75) is 11.4 Å². The second-order valence-corrected chi connectivity index (χ2v) is 8.39. The van der Waals surface area contributed by atoms with E-state index in [-0.39, 0.29) is 0 Å². The molecule has 0 unspecified atom stereocenters. The van der Waals surface area contributed by atoms with Gasteiger partial charge in [0.1, 0.15) is 5.82 Å². The van der Waals surface area contributed by atoms with Crippen LogP contribution in [0.25, 0.3) is 10.8 Å². The number of anilines is 1. The van der Waals surface area contributed by atoms with Crippen LogP contribution >= 0.6 is 11.9 Å². The normalized spacial score (nSPS) is 18.1. The van der Waals surface area contributed by atoms with Gasteiger partial charge in [0.25, 0.3) is 0 Å². The minimum absolute atomic E-state index is 1.05. The van der Waals surface area contributed by atoms with E-state index in [0.717, 1.165) is 51.6 Å². The van der Waals surface area contributed by atoms with Crippen LogP contribution in [0.4, 0.5) is 5.82 Å². The Balaban J connectivity index is 1.17. The highest BCUT2D eigenvalue weighted by molar-refractivity contribution is 7.97. The van der Waals surface area contributed by atoms with Crippen LogP contribution < -0.4 is 4.90 Å². The quantitative estimate of drug-likeness (QED) is 0.643. The van der Waals surface area contributed by atoms with E-state index in [1.54, 1.807) is 0 Å². The molecular formula is C22H24N4S. The summed E-state index contributed by atoms with van der Waals surface area (Å²) in [5, 5.41) is 2.54. The Bertz CT molecular complexity index is 906. The van der Waals surface area contributed by atoms with Gasteiger partial charge in [-0.15, -0.1) is 0 Å². The third-order valence-electron chi connectivity index (χ3n) is 5.54. The van der Waals surface area contributed by atoms with Gasteiger partial charge in [0.05, 0.1) is 0 Å². The first-order valence-electron chi connectivity index (χ1n) is 9.69. The van der Waals surface area contributed by atoms with E-state index in [1.807, 2.05) is 18.1 Å². The van der Waals surface area contributed by atoms with E-state index in [0.29, 0.717) is 0 Å². The molecule has 0 N–H and O–H groups in total. The van der Waals surface area contributed by atoms with Gasteiger partial charge in [-0.3, -0.25) is 4.90 Å². The van der Waals surface area contributed by atoms with Crippen LogP contribution in [0.2, 0.25) is 0 Å². The molecule has 3 aromatic rings.